The van der Waals surface area contributed by atoms with Crippen molar-refractivity contribution in [1.29, 1.82) is 0 Å². The number of aromatic nitrogens is 3. The van der Waals surface area contributed by atoms with Crippen LogP contribution in [0.25, 0.3) is 0 Å². The molecule has 1 amide bonds. The van der Waals surface area contributed by atoms with Gasteiger partial charge in [0.2, 0.25) is 5.91 Å². The minimum atomic E-state index is -0.240. The van der Waals surface area contributed by atoms with Crippen LogP contribution >= 0.6 is 11.8 Å². The Labute approximate surface area is 132 Å². The van der Waals surface area contributed by atoms with Crippen molar-refractivity contribution in [2.45, 2.75) is 37.2 Å². The number of carbonyl (C=O) groups is 1. The van der Waals surface area contributed by atoms with Crippen molar-refractivity contribution in [2.75, 3.05) is 11.6 Å². The molecule has 0 aliphatic carbocycles. The second-order valence-electron chi connectivity index (χ2n) is 5.25. The molecule has 0 radical (unpaired) electrons. The molecular weight excluding hydrogens is 300 g/mol. The minimum absolute atomic E-state index is 0.0532. The van der Waals surface area contributed by atoms with Gasteiger partial charge in [-0.25, -0.2) is 9.48 Å². The second kappa shape index (κ2) is 6.39. The van der Waals surface area contributed by atoms with Crippen molar-refractivity contribution < 1.29 is 4.79 Å². The lowest BCUT2D eigenvalue weighted by Gasteiger charge is -2.09. The van der Waals surface area contributed by atoms with E-state index in [-0.39, 0.29) is 18.1 Å². The van der Waals surface area contributed by atoms with Gasteiger partial charge in [-0.2, -0.15) is 5.10 Å². The molecule has 1 aliphatic heterocycles. The van der Waals surface area contributed by atoms with E-state index in [1.165, 1.54) is 4.68 Å². The van der Waals surface area contributed by atoms with E-state index in [1.54, 1.807) is 16.3 Å². The van der Waals surface area contributed by atoms with Gasteiger partial charge in [-0.05, 0) is 37.3 Å². The predicted molar refractivity (Wildman–Crippen MR) is 86.3 cm³/mol. The molecule has 2 aromatic rings. The molecule has 0 saturated heterocycles. The molecular formula is C15H18N4O2S. The Morgan fingerprint density at radius 3 is 3.05 bits per heavy atom. The molecule has 0 saturated carbocycles. The van der Waals surface area contributed by atoms with Gasteiger partial charge in [0.1, 0.15) is 12.4 Å². The van der Waals surface area contributed by atoms with E-state index in [4.69, 9.17) is 0 Å². The maximum Gasteiger partial charge on any atom is 0.346 e. The maximum atomic E-state index is 12.2. The van der Waals surface area contributed by atoms with Gasteiger partial charge >= 0.3 is 5.69 Å². The lowest BCUT2D eigenvalue weighted by molar-refractivity contribution is -0.117. The molecule has 22 heavy (non-hydrogen) atoms. The van der Waals surface area contributed by atoms with Crippen LogP contribution in [0, 0.1) is 0 Å². The number of carbonyl (C=O) groups excluding carboxylic acids is 1. The fraction of sp³-hybridized carbons (Fsp3) is 0.400. The van der Waals surface area contributed by atoms with Crippen molar-refractivity contribution in [3.63, 3.8) is 0 Å². The van der Waals surface area contributed by atoms with Gasteiger partial charge in [0.15, 0.2) is 0 Å². The quantitative estimate of drug-likeness (QED) is 0.872. The number of fused-ring (bicyclic) bond motifs is 1. The van der Waals surface area contributed by atoms with E-state index in [0.29, 0.717) is 6.54 Å². The molecule has 0 unspecified atom stereocenters. The molecule has 0 fully saturated rings. The third-order valence-electron chi connectivity index (χ3n) is 3.68. The highest BCUT2D eigenvalue weighted by Crippen LogP contribution is 2.18. The van der Waals surface area contributed by atoms with E-state index < -0.39 is 0 Å². The van der Waals surface area contributed by atoms with Crippen LogP contribution in [0.15, 0.2) is 34.0 Å². The van der Waals surface area contributed by atoms with E-state index >= 15 is 0 Å². The summed E-state index contributed by atoms with van der Waals surface area (Å²) in [5, 5.41) is 7.08. The topological polar surface area (TPSA) is 68.9 Å². The summed E-state index contributed by atoms with van der Waals surface area (Å²) in [5.74, 6) is 0.546. The Kier molecular flexibility index (Phi) is 4.33. The molecule has 0 spiro atoms. The zero-order valence-electron chi connectivity index (χ0n) is 12.4. The number of hydrogen-bond donors (Lipinski definition) is 1. The maximum absolute atomic E-state index is 12.2. The highest BCUT2D eigenvalue weighted by atomic mass is 32.2. The van der Waals surface area contributed by atoms with Gasteiger partial charge in [0.05, 0.1) is 0 Å². The third-order valence-corrected chi connectivity index (χ3v) is 4.40. The Hall–Kier alpha value is -2.02. The average Bonchev–Trinajstić information content (AvgIpc) is 2.84. The van der Waals surface area contributed by atoms with Crippen LogP contribution in [0.2, 0.25) is 0 Å². The Bertz CT molecular complexity index is 750. The van der Waals surface area contributed by atoms with E-state index in [2.05, 4.69) is 10.4 Å². The molecule has 7 heteroatoms. The smallest absolute Gasteiger partial charge is 0.324 e. The van der Waals surface area contributed by atoms with Crippen molar-refractivity contribution in [3.05, 3.63) is 40.6 Å². The van der Waals surface area contributed by atoms with E-state index in [9.17, 15) is 9.59 Å². The Balaban J connectivity index is 1.72. The first-order valence-corrected chi connectivity index (χ1v) is 8.50. The van der Waals surface area contributed by atoms with Gasteiger partial charge in [-0.15, -0.1) is 11.8 Å². The van der Waals surface area contributed by atoms with Crippen molar-refractivity contribution >= 4 is 23.4 Å². The highest BCUT2D eigenvalue weighted by Gasteiger charge is 2.18. The van der Waals surface area contributed by atoms with Crippen LogP contribution in [-0.2, 0) is 24.3 Å². The third kappa shape index (κ3) is 3.09. The SMILES string of the molecule is CSc1cccc(NC(=O)Cn2nc3n(c2=O)CCCC3)c1. The monoisotopic (exact) mass is 318 g/mol. The van der Waals surface area contributed by atoms with Gasteiger partial charge < -0.3 is 5.32 Å². The highest BCUT2D eigenvalue weighted by molar-refractivity contribution is 7.98. The minimum Gasteiger partial charge on any atom is -0.324 e. The van der Waals surface area contributed by atoms with Crippen molar-refractivity contribution in [1.82, 2.24) is 14.3 Å². The van der Waals surface area contributed by atoms with Crippen LogP contribution in [0.4, 0.5) is 5.69 Å². The number of nitrogens with zero attached hydrogens (tertiary/aromatic N) is 3. The van der Waals surface area contributed by atoms with Crippen LogP contribution in [-0.4, -0.2) is 26.5 Å². The van der Waals surface area contributed by atoms with Gasteiger partial charge in [0, 0.05) is 23.5 Å². The zero-order valence-corrected chi connectivity index (χ0v) is 13.2. The first kappa shape index (κ1) is 14.9. The number of benzene rings is 1. The lowest BCUT2D eigenvalue weighted by Crippen LogP contribution is -2.30. The number of nitrogens with one attached hydrogen (secondary N) is 1. The van der Waals surface area contributed by atoms with Gasteiger partial charge in [-0.3, -0.25) is 9.36 Å². The van der Waals surface area contributed by atoms with Crippen LogP contribution in [0.1, 0.15) is 18.7 Å². The molecule has 0 bridgehead atoms. The molecule has 1 aromatic heterocycles. The molecule has 6 nitrogen and oxygen atoms in total. The van der Waals surface area contributed by atoms with Crippen LogP contribution < -0.4 is 11.0 Å². The molecule has 1 N–H and O–H groups in total. The Morgan fingerprint density at radius 1 is 1.41 bits per heavy atom. The first-order valence-electron chi connectivity index (χ1n) is 7.28. The number of amides is 1. The predicted octanol–water partition coefficient (Wildman–Crippen LogP) is 1.74. The largest absolute Gasteiger partial charge is 0.346 e. The standard InChI is InChI=1S/C15H18N4O2S/c1-22-12-6-4-5-11(9-12)16-14(20)10-19-15(21)18-8-3-2-7-13(18)17-19/h4-6,9H,2-3,7-8,10H2,1H3,(H,16,20). The fourth-order valence-electron chi connectivity index (χ4n) is 2.59. The van der Waals surface area contributed by atoms with Crippen molar-refractivity contribution in [3.8, 4) is 0 Å². The lowest BCUT2D eigenvalue weighted by atomic mass is 10.2. The summed E-state index contributed by atoms with van der Waals surface area (Å²) in [7, 11) is 0. The average molecular weight is 318 g/mol. The van der Waals surface area contributed by atoms with Gasteiger partial charge in [-0.1, -0.05) is 6.07 Å². The first-order chi connectivity index (χ1) is 10.7. The summed E-state index contributed by atoms with van der Waals surface area (Å²) in [6.45, 7) is 0.647. The number of anilines is 1. The molecule has 1 aliphatic rings. The summed E-state index contributed by atoms with van der Waals surface area (Å²) < 4.78 is 2.93. The summed E-state index contributed by atoms with van der Waals surface area (Å²) in [6.07, 6.45) is 4.83. The number of hydrogen-bond acceptors (Lipinski definition) is 4. The number of rotatable bonds is 4. The fourth-order valence-corrected chi connectivity index (χ4v) is 3.05. The summed E-state index contributed by atoms with van der Waals surface area (Å²) >= 11 is 1.61. The number of aryl methyl sites for hydroxylation is 1. The summed E-state index contributed by atoms with van der Waals surface area (Å²) in [6, 6.07) is 7.61. The van der Waals surface area contributed by atoms with E-state index in [0.717, 1.165) is 35.7 Å². The van der Waals surface area contributed by atoms with Crippen LogP contribution in [0.5, 0.6) is 0 Å². The molecule has 3 rings (SSSR count). The van der Waals surface area contributed by atoms with Crippen molar-refractivity contribution in [2.24, 2.45) is 0 Å². The normalized spacial score (nSPS) is 13.7. The summed E-state index contributed by atoms with van der Waals surface area (Å²) in [4.78, 5) is 25.4. The molecule has 2 heterocycles. The zero-order chi connectivity index (χ0) is 15.5. The summed E-state index contributed by atoms with van der Waals surface area (Å²) in [5.41, 5.74) is 0.539. The van der Waals surface area contributed by atoms with E-state index in [1.807, 2.05) is 30.5 Å². The molecule has 1 aromatic carbocycles. The number of thioether (sulfide) groups is 1. The molecule has 0 atom stereocenters. The Morgan fingerprint density at radius 2 is 2.27 bits per heavy atom. The van der Waals surface area contributed by atoms with Crippen LogP contribution in [0.3, 0.4) is 0 Å². The van der Waals surface area contributed by atoms with Gasteiger partial charge in [0.25, 0.3) is 0 Å². The second-order valence-corrected chi connectivity index (χ2v) is 6.12. The molecule has 116 valence electrons.